The Morgan fingerprint density at radius 1 is 1.24 bits per heavy atom. The van der Waals surface area contributed by atoms with Gasteiger partial charge in [0.2, 0.25) is 0 Å². The largest absolute Gasteiger partial charge is 0.312 e. The number of nitrogens with zero attached hydrogens (tertiary/aromatic N) is 1. The summed E-state index contributed by atoms with van der Waals surface area (Å²) in [5, 5.41) is 3.70. The summed E-state index contributed by atoms with van der Waals surface area (Å²) in [4.78, 5) is 2.70. The molecular weight excluding hydrogens is 208 g/mol. The van der Waals surface area contributed by atoms with Crippen LogP contribution in [0.3, 0.4) is 0 Å². The van der Waals surface area contributed by atoms with Crippen LogP contribution in [0.5, 0.6) is 0 Å². The molecule has 0 aromatic rings. The molecule has 0 radical (unpaired) electrons. The summed E-state index contributed by atoms with van der Waals surface area (Å²) in [6.07, 6.45) is 4.01. The van der Waals surface area contributed by atoms with Crippen molar-refractivity contribution >= 4 is 0 Å². The van der Waals surface area contributed by atoms with E-state index in [0.717, 1.165) is 17.9 Å². The van der Waals surface area contributed by atoms with Gasteiger partial charge in [-0.3, -0.25) is 4.90 Å². The minimum Gasteiger partial charge on any atom is -0.312 e. The van der Waals surface area contributed by atoms with Crippen LogP contribution in [0.1, 0.15) is 53.9 Å². The Bertz CT molecular complexity index is 201. The fourth-order valence-corrected chi connectivity index (χ4v) is 2.62. The molecular formula is C15H32N2. The Balaban J connectivity index is 2.42. The van der Waals surface area contributed by atoms with E-state index in [0.29, 0.717) is 6.04 Å². The second kappa shape index (κ2) is 7.38. The van der Waals surface area contributed by atoms with E-state index in [2.05, 4.69) is 44.8 Å². The van der Waals surface area contributed by atoms with Gasteiger partial charge >= 0.3 is 0 Å². The summed E-state index contributed by atoms with van der Waals surface area (Å²) < 4.78 is 0. The van der Waals surface area contributed by atoms with Crippen molar-refractivity contribution < 1.29 is 0 Å². The predicted octanol–water partition coefficient (Wildman–Crippen LogP) is 3.13. The normalized spacial score (nSPS) is 27.7. The first kappa shape index (κ1) is 15.0. The van der Waals surface area contributed by atoms with Gasteiger partial charge in [-0.1, -0.05) is 27.7 Å². The van der Waals surface area contributed by atoms with Crippen LogP contribution in [-0.4, -0.2) is 36.6 Å². The highest BCUT2D eigenvalue weighted by Gasteiger charge is 2.23. The third-order valence-electron chi connectivity index (χ3n) is 4.05. The Labute approximate surface area is 108 Å². The van der Waals surface area contributed by atoms with E-state index in [4.69, 9.17) is 0 Å². The molecule has 2 atom stereocenters. The van der Waals surface area contributed by atoms with E-state index in [1.807, 2.05) is 0 Å². The molecule has 0 bridgehead atoms. The van der Waals surface area contributed by atoms with Crippen molar-refractivity contribution in [3.63, 3.8) is 0 Å². The van der Waals surface area contributed by atoms with Crippen molar-refractivity contribution in [2.45, 2.75) is 66.0 Å². The summed E-state index contributed by atoms with van der Waals surface area (Å²) >= 11 is 0. The Morgan fingerprint density at radius 3 is 2.53 bits per heavy atom. The topological polar surface area (TPSA) is 15.3 Å². The van der Waals surface area contributed by atoms with E-state index in [1.165, 1.54) is 38.9 Å². The van der Waals surface area contributed by atoms with Crippen LogP contribution >= 0.6 is 0 Å². The lowest BCUT2D eigenvalue weighted by Crippen LogP contribution is -2.43. The summed E-state index contributed by atoms with van der Waals surface area (Å²) in [5.41, 5.74) is 0. The fraction of sp³-hybridized carbons (Fsp3) is 1.00. The molecule has 0 aliphatic carbocycles. The van der Waals surface area contributed by atoms with Crippen molar-refractivity contribution in [1.82, 2.24) is 10.2 Å². The van der Waals surface area contributed by atoms with Crippen molar-refractivity contribution in [3.8, 4) is 0 Å². The highest BCUT2D eigenvalue weighted by molar-refractivity contribution is 4.82. The van der Waals surface area contributed by atoms with Crippen molar-refractivity contribution in [3.05, 3.63) is 0 Å². The fourth-order valence-electron chi connectivity index (χ4n) is 2.62. The zero-order valence-electron chi connectivity index (χ0n) is 12.5. The molecule has 0 aromatic carbocycles. The zero-order valence-corrected chi connectivity index (χ0v) is 12.5. The van der Waals surface area contributed by atoms with Gasteiger partial charge in [-0.05, 0) is 51.1 Å². The number of rotatable bonds is 5. The van der Waals surface area contributed by atoms with Crippen molar-refractivity contribution in [2.75, 3.05) is 19.6 Å². The number of hydrogen-bond donors (Lipinski definition) is 1. The monoisotopic (exact) mass is 240 g/mol. The Hall–Kier alpha value is -0.0800. The maximum atomic E-state index is 3.70. The van der Waals surface area contributed by atoms with Crippen LogP contribution in [0.25, 0.3) is 0 Å². The van der Waals surface area contributed by atoms with E-state index in [1.54, 1.807) is 0 Å². The molecule has 1 heterocycles. The van der Waals surface area contributed by atoms with Crippen LogP contribution < -0.4 is 5.32 Å². The Kier molecular flexibility index (Phi) is 6.50. The van der Waals surface area contributed by atoms with Crippen LogP contribution in [0, 0.1) is 11.8 Å². The third kappa shape index (κ3) is 5.39. The van der Waals surface area contributed by atoms with Gasteiger partial charge in [0.15, 0.2) is 0 Å². The minimum atomic E-state index is 0.680. The molecule has 2 nitrogen and oxygen atoms in total. The van der Waals surface area contributed by atoms with Gasteiger partial charge in [-0.2, -0.15) is 0 Å². The molecule has 1 rings (SSSR count). The lowest BCUT2D eigenvalue weighted by Gasteiger charge is -2.30. The lowest BCUT2D eigenvalue weighted by molar-refractivity contribution is 0.186. The highest BCUT2D eigenvalue weighted by atomic mass is 15.2. The van der Waals surface area contributed by atoms with Crippen LogP contribution in [0.15, 0.2) is 0 Å². The van der Waals surface area contributed by atoms with Gasteiger partial charge in [-0.25, -0.2) is 0 Å². The molecule has 0 aromatic heterocycles. The van der Waals surface area contributed by atoms with E-state index in [-0.39, 0.29) is 0 Å². The summed E-state index contributed by atoms with van der Waals surface area (Å²) in [7, 11) is 0. The average Bonchev–Trinajstić information content (AvgIpc) is 2.41. The molecule has 0 spiro atoms. The quantitative estimate of drug-likeness (QED) is 0.794. The molecule has 0 saturated carbocycles. The zero-order chi connectivity index (χ0) is 12.8. The van der Waals surface area contributed by atoms with Gasteiger partial charge in [0.05, 0.1) is 0 Å². The average molecular weight is 240 g/mol. The first-order valence-corrected chi connectivity index (χ1v) is 7.48. The van der Waals surface area contributed by atoms with Gasteiger partial charge in [0.25, 0.3) is 0 Å². The molecule has 1 fully saturated rings. The first-order chi connectivity index (χ1) is 8.00. The lowest BCUT2D eigenvalue weighted by atomic mass is 10.0. The highest BCUT2D eigenvalue weighted by Crippen LogP contribution is 2.15. The van der Waals surface area contributed by atoms with Crippen molar-refractivity contribution in [1.29, 1.82) is 0 Å². The Morgan fingerprint density at radius 2 is 1.94 bits per heavy atom. The number of nitrogens with one attached hydrogen (secondary N) is 1. The van der Waals surface area contributed by atoms with Gasteiger partial charge in [0, 0.05) is 18.6 Å². The molecule has 2 heteroatoms. The van der Waals surface area contributed by atoms with Gasteiger partial charge < -0.3 is 5.32 Å². The molecule has 17 heavy (non-hydrogen) atoms. The number of hydrogen-bond acceptors (Lipinski definition) is 2. The first-order valence-electron chi connectivity index (χ1n) is 7.48. The maximum absolute atomic E-state index is 3.70. The predicted molar refractivity (Wildman–Crippen MR) is 76.4 cm³/mol. The SMILES string of the molecule is CC(C)CCCN1CC(C(C)C)NCCC1C. The van der Waals surface area contributed by atoms with Crippen LogP contribution in [0.4, 0.5) is 0 Å². The molecule has 102 valence electrons. The van der Waals surface area contributed by atoms with E-state index in [9.17, 15) is 0 Å². The van der Waals surface area contributed by atoms with Crippen molar-refractivity contribution in [2.24, 2.45) is 11.8 Å². The smallest absolute Gasteiger partial charge is 0.0218 e. The maximum Gasteiger partial charge on any atom is 0.0218 e. The molecule has 1 aliphatic rings. The standard InChI is InChI=1S/C15H32N2/c1-12(2)7-6-10-17-11-15(13(3)4)16-9-8-14(17)5/h12-16H,6-11H2,1-5H3. The minimum absolute atomic E-state index is 0.680. The van der Waals surface area contributed by atoms with Crippen LogP contribution in [-0.2, 0) is 0 Å². The molecule has 1 saturated heterocycles. The van der Waals surface area contributed by atoms with Gasteiger partial charge in [-0.15, -0.1) is 0 Å². The molecule has 2 unspecified atom stereocenters. The second-order valence-corrected chi connectivity index (χ2v) is 6.47. The van der Waals surface area contributed by atoms with Crippen LogP contribution in [0.2, 0.25) is 0 Å². The van der Waals surface area contributed by atoms with E-state index < -0.39 is 0 Å². The van der Waals surface area contributed by atoms with E-state index >= 15 is 0 Å². The molecule has 1 N–H and O–H groups in total. The van der Waals surface area contributed by atoms with Gasteiger partial charge in [0.1, 0.15) is 0 Å². The third-order valence-corrected chi connectivity index (χ3v) is 4.05. The molecule has 1 aliphatic heterocycles. The summed E-state index contributed by atoms with van der Waals surface area (Å²) in [5.74, 6) is 1.59. The summed E-state index contributed by atoms with van der Waals surface area (Å²) in [6.45, 7) is 15.4. The second-order valence-electron chi connectivity index (χ2n) is 6.47. The molecule has 0 amide bonds. The summed E-state index contributed by atoms with van der Waals surface area (Å²) in [6, 6.07) is 1.43.